The van der Waals surface area contributed by atoms with E-state index in [1.165, 1.54) is 36.0 Å². The first-order valence-corrected chi connectivity index (χ1v) is 7.35. The summed E-state index contributed by atoms with van der Waals surface area (Å²) >= 11 is 0. The summed E-state index contributed by atoms with van der Waals surface area (Å²) in [6, 6.07) is 8.59. The standard InChI is InChI=1S/C16H24N2/c1-3-16-7-4-12(2)18(16)11-13-5-6-14-9-17-10-15(14)8-13/h5-6,8,12,16-17H,3-4,7,9-11H2,1-2H3. The fraction of sp³-hybridized carbons (Fsp3) is 0.625. The molecule has 2 aliphatic rings. The molecule has 0 bridgehead atoms. The van der Waals surface area contributed by atoms with Gasteiger partial charge in [-0.3, -0.25) is 4.90 Å². The Morgan fingerprint density at radius 3 is 2.89 bits per heavy atom. The molecule has 2 heteroatoms. The predicted octanol–water partition coefficient (Wildman–Crippen LogP) is 3.05. The number of likely N-dealkylation sites (tertiary alicyclic amines) is 1. The number of benzene rings is 1. The van der Waals surface area contributed by atoms with Gasteiger partial charge in [0.25, 0.3) is 0 Å². The molecule has 0 aliphatic carbocycles. The Kier molecular flexibility index (Phi) is 3.40. The third-order valence-corrected chi connectivity index (χ3v) is 4.69. The van der Waals surface area contributed by atoms with E-state index >= 15 is 0 Å². The zero-order valence-corrected chi connectivity index (χ0v) is 11.6. The van der Waals surface area contributed by atoms with Gasteiger partial charge < -0.3 is 5.32 Å². The molecule has 1 aromatic rings. The largest absolute Gasteiger partial charge is 0.309 e. The third-order valence-electron chi connectivity index (χ3n) is 4.69. The SMILES string of the molecule is CCC1CCC(C)N1Cc1ccc2c(c1)CNC2. The summed E-state index contributed by atoms with van der Waals surface area (Å²) in [6.45, 7) is 7.93. The van der Waals surface area contributed by atoms with Gasteiger partial charge in [0, 0.05) is 31.7 Å². The van der Waals surface area contributed by atoms with Crippen molar-refractivity contribution in [1.29, 1.82) is 0 Å². The van der Waals surface area contributed by atoms with E-state index < -0.39 is 0 Å². The van der Waals surface area contributed by atoms with Crippen LogP contribution in [-0.4, -0.2) is 17.0 Å². The molecular formula is C16H24N2. The lowest BCUT2D eigenvalue weighted by atomic mass is 10.1. The van der Waals surface area contributed by atoms with Crippen molar-refractivity contribution in [2.45, 2.75) is 64.8 Å². The first-order chi connectivity index (χ1) is 8.78. The fourth-order valence-corrected chi connectivity index (χ4v) is 3.51. The van der Waals surface area contributed by atoms with Crippen LogP contribution in [0.15, 0.2) is 18.2 Å². The van der Waals surface area contributed by atoms with Crippen LogP contribution >= 0.6 is 0 Å². The molecule has 1 saturated heterocycles. The molecule has 1 fully saturated rings. The second-order valence-corrected chi connectivity index (χ2v) is 5.87. The van der Waals surface area contributed by atoms with Crippen molar-refractivity contribution in [2.75, 3.05) is 0 Å². The van der Waals surface area contributed by atoms with Gasteiger partial charge in [0.1, 0.15) is 0 Å². The molecule has 2 unspecified atom stereocenters. The van der Waals surface area contributed by atoms with Crippen molar-refractivity contribution in [2.24, 2.45) is 0 Å². The summed E-state index contributed by atoms with van der Waals surface area (Å²) < 4.78 is 0. The second kappa shape index (κ2) is 5.02. The number of fused-ring (bicyclic) bond motifs is 1. The number of hydrogen-bond acceptors (Lipinski definition) is 2. The minimum Gasteiger partial charge on any atom is -0.309 e. The maximum atomic E-state index is 3.42. The lowest BCUT2D eigenvalue weighted by molar-refractivity contribution is 0.189. The maximum absolute atomic E-state index is 3.42. The molecule has 0 spiro atoms. The van der Waals surface area contributed by atoms with Gasteiger partial charge in [-0.15, -0.1) is 0 Å². The van der Waals surface area contributed by atoms with Gasteiger partial charge in [-0.05, 0) is 42.9 Å². The van der Waals surface area contributed by atoms with Crippen LogP contribution in [0.3, 0.4) is 0 Å². The summed E-state index contributed by atoms with van der Waals surface area (Å²) in [4.78, 5) is 2.70. The van der Waals surface area contributed by atoms with Crippen molar-refractivity contribution in [3.05, 3.63) is 34.9 Å². The topological polar surface area (TPSA) is 15.3 Å². The zero-order valence-electron chi connectivity index (χ0n) is 11.6. The fourth-order valence-electron chi connectivity index (χ4n) is 3.51. The van der Waals surface area contributed by atoms with Crippen LogP contribution in [0.1, 0.15) is 49.8 Å². The summed E-state index contributed by atoms with van der Waals surface area (Å²) in [5.41, 5.74) is 4.48. The smallest absolute Gasteiger partial charge is 0.0239 e. The first kappa shape index (κ1) is 12.2. The molecule has 98 valence electrons. The summed E-state index contributed by atoms with van der Waals surface area (Å²) in [7, 11) is 0. The molecule has 2 heterocycles. The summed E-state index contributed by atoms with van der Waals surface area (Å²) in [5, 5.41) is 3.42. The Labute approximate surface area is 110 Å². The van der Waals surface area contributed by atoms with Crippen molar-refractivity contribution in [1.82, 2.24) is 10.2 Å². The molecule has 2 aliphatic heterocycles. The lowest BCUT2D eigenvalue weighted by Gasteiger charge is -2.27. The van der Waals surface area contributed by atoms with Crippen LogP contribution in [0.4, 0.5) is 0 Å². The predicted molar refractivity (Wildman–Crippen MR) is 75.3 cm³/mol. The normalized spacial score (nSPS) is 27.7. The van der Waals surface area contributed by atoms with Crippen LogP contribution in [0.5, 0.6) is 0 Å². The maximum Gasteiger partial charge on any atom is 0.0239 e. The van der Waals surface area contributed by atoms with Gasteiger partial charge in [0.2, 0.25) is 0 Å². The van der Waals surface area contributed by atoms with E-state index in [1.807, 2.05) is 0 Å². The Hall–Kier alpha value is -0.860. The van der Waals surface area contributed by atoms with Crippen molar-refractivity contribution >= 4 is 0 Å². The molecule has 2 atom stereocenters. The van der Waals surface area contributed by atoms with Crippen LogP contribution in [-0.2, 0) is 19.6 Å². The Morgan fingerprint density at radius 1 is 1.22 bits per heavy atom. The molecule has 0 aromatic heterocycles. The van der Waals surface area contributed by atoms with E-state index in [9.17, 15) is 0 Å². The minimum atomic E-state index is 0.751. The van der Waals surface area contributed by atoms with Gasteiger partial charge in [-0.25, -0.2) is 0 Å². The Morgan fingerprint density at radius 2 is 2.06 bits per heavy atom. The van der Waals surface area contributed by atoms with Gasteiger partial charge in [-0.1, -0.05) is 25.1 Å². The van der Waals surface area contributed by atoms with Gasteiger partial charge in [-0.2, -0.15) is 0 Å². The average Bonchev–Trinajstić information content (AvgIpc) is 2.97. The molecule has 2 nitrogen and oxygen atoms in total. The summed E-state index contributed by atoms with van der Waals surface area (Å²) in [5.74, 6) is 0. The van der Waals surface area contributed by atoms with Crippen molar-refractivity contribution in [3.8, 4) is 0 Å². The molecule has 1 aromatic carbocycles. The first-order valence-electron chi connectivity index (χ1n) is 7.35. The van der Waals surface area contributed by atoms with Gasteiger partial charge >= 0.3 is 0 Å². The number of rotatable bonds is 3. The third kappa shape index (κ3) is 2.19. The lowest BCUT2D eigenvalue weighted by Crippen LogP contribution is -2.33. The molecule has 3 rings (SSSR count). The van der Waals surface area contributed by atoms with Gasteiger partial charge in [0.05, 0.1) is 0 Å². The van der Waals surface area contributed by atoms with Gasteiger partial charge in [0.15, 0.2) is 0 Å². The molecule has 18 heavy (non-hydrogen) atoms. The Bertz CT molecular complexity index is 427. The van der Waals surface area contributed by atoms with E-state index in [1.54, 1.807) is 0 Å². The van der Waals surface area contributed by atoms with Crippen LogP contribution < -0.4 is 5.32 Å². The molecular weight excluding hydrogens is 220 g/mol. The van der Waals surface area contributed by atoms with Crippen LogP contribution in [0.2, 0.25) is 0 Å². The van der Waals surface area contributed by atoms with E-state index in [4.69, 9.17) is 0 Å². The highest BCUT2D eigenvalue weighted by molar-refractivity contribution is 5.34. The van der Waals surface area contributed by atoms with Crippen LogP contribution in [0, 0.1) is 0 Å². The van der Waals surface area contributed by atoms with E-state index in [0.717, 1.165) is 31.7 Å². The highest BCUT2D eigenvalue weighted by Crippen LogP contribution is 2.28. The number of hydrogen-bond donors (Lipinski definition) is 1. The molecule has 0 amide bonds. The zero-order chi connectivity index (χ0) is 12.5. The quantitative estimate of drug-likeness (QED) is 0.879. The number of nitrogens with one attached hydrogen (secondary N) is 1. The van der Waals surface area contributed by atoms with E-state index in [2.05, 4.69) is 42.3 Å². The number of nitrogens with zero attached hydrogens (tertiary/aromatic N) is 1. The minimum absolute atomic E-state index is 0.751. The molecule has 0 saturated carbocycles. The average molecular weight is 244 g/mol. The van der Waals surface area contributed by atoms with E-state index in [-0.39, 0.29) is 0 Å². The molecule has 0 radical (unpaired) electrons. The highest BCUT2D eigenvalue weighted by Gasteiger charge is 2.29. The monoisotopic (exact) mass is 244 g/mol. The van der Waals surface area contributed by atoms with Crippen molar-refractivity contribution < 1.29 is 0 Å². The van der Waals surface area contributed by atoms with Crippen LogP contribution in [0.25, 0.3) is 0 Å². The summed E-state index contributed by atoms with van der Waals surface area (Å²) in [6.07, 6.45) is 4.03. The second-order valence-electron chi connectivity index (χ2n) is 5.87. The molecule has 1 N–H and O–H groups in total. The Balaban J connectivity index is 1.75. The van der Waals surface area contributed by atoms with Crippen molar-refractivity contribution in [3.63, 3.8) is 0 Å². The highest BCUT2D eigenvalue weighted by atomic mass is 15.2. The van der Waals surface area contributed by atoms with E-state index in [0.29, 0.717) is 0 Å².